The highest BCUT2D eigenvalue weighted by Gasteiger charge is 2.21. The first-order valence-electron chi connectivity index (χ1n) is 7.76. The molecule has 1 aliphatic carbocycles. The van der Waals surface area contributed by atoms with Gasteiger partial charge >= 0.3 is 5.97 Å². The smallest absolute Gasteiger partial charge is 0.337 e. The molecule has 4 nitrogen and oxygen atoms in total. The van der Waals surface area contributed by atoms with Gasteiger partial charge in [0.1, 0.15) is 0 Å². The zero-order valence-corrected chi connectivity index (χ0v) is 12.8. The molecule has 0 heterocycles. The van der Waals surface area contributed by atoms with E-state index in [2.05, 4.69) is 4.90 Å². The Hall–Kier alpha value is -1.39. The lowest BCUT2D eigenvalue weighted by molar-refractivity contribution is 0.0600. The van der Waals surface area contributed by atoms with Crippen molar-refractivity contribution in [3.05, 3.63) is 35.4 Å². The summed E-state index contributed by atoms with van der Waals surface area (Å²) in [7, 11) is 1.40. The van der Waals surface area contributed by atoms with Gasteiger partial charge in [-0.05, 0) is 30.5 Å². The van der Waals surface area contributed by atoms with Crippen molar-refractivity contribution < 1.29 is 14.6 Å². The number of ether oxygens (including phenoxy) is 1. The van der Waals surface area contributed by atoms with E-state index in [0.29, 0.717) is 18.2 Å². The van der Waals surface area contributed by atoms with Gasteiger partial charge in [0.25, 0.3) is 0 Å². The van der Waals surface area contributed by atoms with Crippen molar-refractivity contribution in [3.8, 4) is 0 Å². The van der Waals surface area contributed by atoms with Gasteiger partial charge in [0.2, 0.25) is 0 Å². The van der Waals surface area contributed by atoms with E-state index in [9.17, 15) is 9.90 Å². The number of aliphatic hydroxyl groups is 1. The Morgan fingerprint density at radius 1 is 1.33 bits per heavy atom. The van der Waals surface area contributed by atoms with Crippen molar-refractivity contribution in [1.29, 1.82) is 0 Å². The van der Waals surface area contributed by atoms with Crippen LogP contribution < -0.4 is 0 Å². The highest BCUT2D eigenvalue weighted by atomic mass is 16.5. The van der Waals surface area contributed by atoms with Crippen molar-refractivity contribution in [2.75, 3.05) is 20.3 Å². The van der Waals surface area contributed by atoms with E-state index in [-0.39, 0.29) is 12.6 Å². The fraction of sp³-hybridized carbons (Fsp3) is 0.588. The summed E-state index contributed by atoms with van der Waals surface area (Å²) in [6.45, 7) is 1.64. The van der Waals surface area contributed by atoms with Gasteiger partial charge in [-0.15, -0.1) is 0 Å². The Labute approximate surface area is 126 Å². The molecule has 21 heavy (non-hydrogen) atoms. The minimum Gasteiger partial charge on any atom is -0.465 e. The van der Waals surface area contributed by atoms with Crippen LogP contribution in [0.25, 0.3) is 0 Å². The molecule has 0 amide bonds. The lowest BCUT2D eigenvalue weighted by Crippen LogP contribution is -2.38. The summed E-state index contributed by atoms with van der Waals surface area (Å²) in [4.78, 5) is 13.9. The number of nitrogens with zero attached hydrogens (tertiary/aromatic N) is 1. The molecule has 2 rings (SSSR count). The topological polar surface area (TPSA) is 49.8 Å². The third-order valence-electron chi connectivity index (χ3n) is 4.21. The Balaban J connectivity index is 2.07. The normalized spacial score (nSPS) is 16.1. The zero-order valence-electron chi connectivity index (χ0n) is 12.8. The highest BCUT2D eigenvalue weighted by molar-refractivity contribution is 5.89. The Morgan fingerprint density at radius 3 is 2.76 bits per heavy atom. The Morgan fingerprint density at radius 2 is 2.10 bits per heavy atom. The maximum absolute atomic E-state index is 11.6. The van der Waals surface area contributed by atoms with Crippen LogP contribution in [-0.4, -0.2) is 42.3 Å². The maximum atomic E-state index is 11.6. The number of carbonyl (C=O) groups is 1. The molecule has 116 valence electrons. The molecule has 0 saturated heterocycles. The monoisotopic (exact) mass is 291 g/mol. The molecule has 1 aliphatic rings. The van der Waals surface area contributed by atoms with Crippen LogP contribution in [0.1, 0.15) is 48.0 Å². The molecule has 4 heteroatoms. The number of esters is 1. The third-order valence-corrected chi connectivity index (χ3v) is 4.21. The van der Waals surface area contributed by atoms with Gasteiger partial charge in [-0.1, -0.05) is 31.4 Å². The second kappa shape index (κ2) is 8.15. The van der Waals surface area contributed by atoms with Crippen molar-refractivity contribution >= 4 is 5.97 Å². The lowest BCUT2D eigenvalue weighted by Gasteiger charge is -2.34. The molecule has 1 fully saturated rings. The van der Waals surface area contributed by atoms with Gasteiger partial charge in [-0.2, -0.15) is 0 Å². The molecule has 1 N–H and O–H groups in total. The molecule has 0 bridgehead atoms. The number of hydrogen-bond acceptors (Lipinski definition) is 4. The molecule has 1 saturated carbocycles. The number of aliphatic hydroxyl groups excluding tert-OH is 1. The van der Waals surface area contributed by atoms with Crippen LogP contribution in [0, 0.1) is 0 Å². The zero-order chi connectivity index (χ0) is 15.1. The molecular weight excluding hydrogens is 266 g/mol. The number of hydrogen-bond donors (Lipinski definition) is 1. The van der Waals surface area contributed by atoms with Gasteiger partial charge in [0.15, 0.2) is 0 Å². The highest BCUT2D eigenvalue weighted by Crippen LogP contribution is 2.24. The van der Waals surface area contributed by atoms with Crippen LogP contribution in [0.4, 0.5) is 0 Å². The summed E-state index contributed by atoms with van der Waals surface area (Å²) >= 11 is 0. The molecule has 0 spiro atoms. The summed E-state index contributed by atoms with van der Waals surface area (Å²) in [5, 5.41) is 9.31. The first kappa shape index (κ1) is 16.0. The largest absolute Gasteiger partial charge is 0.465 e. The van der Waals surface area contributed by atoms with Crippen molar-refractivity contribution in [2.45, 2.75) is 44.7 Å². The summed E-state index contributed by atoms with van der Waals surface area (Å²) in [6, 6.07) is 8.12. The summed E-state index contributed by atoms with van der Waals surface area (Å²) in [6.07, 6.45) is 6.28. The van der Waals surface area contributed by atoms with Crippen LogP contribution in [-0.2, 0) is 11.3 Å². The van der Waals surface area contributed by atoms with E-state index in [0.717, 1.165) is 12.1 Å². The SMILES string of the molecule is COC(=O)c1cccc(CN(CCO)C2CCCCC2)c1. The molecule has 1 aromatic carbocycles. The lowest BCUT2D eigenvalue weighted by atomic mass is 9.93. The Bertz CT molecular complexity index is 455. The van der Waals surface area contributed by atoms with Crippen LogP contribution in [0.15, 0.2) is 24.3 Å². The van der Waals surface area contributed by atoms with E-state index < -0.39 is 0 Å². The minimum atomic E-state index is -0.303. The fourth-order valence-corrected chi connectivity index (χ4v) is 3.11. The van der Waals surface area contributed by atoms with E-state index >= 15 is 0 Å². The average Bonchev–Trinajstić information content (AvgIpc) is 2.55. The van der Waals surface area contributed by atoms with Crippen molar-refractivity contribution in [3.63, 3.8) is 0 Å². The molecule has 0 atom stereocenters. The third kappa shape index (κ3) is 4.55. The summed E-state index contributed by atoms with van der Waals surface area (Å²) in [5.41, 5.74) is 1.68. The number of methoxy groups -OCH3 is 1. The number of carbonyl (C=O) groups excluding carboxylic acids is 1. The van der Waals surface area contributed by atoms with Crippen LogP contribution in [0.2, 0.25) is 0 Å². The predicted octanol–water partition coefficient (Wildman–Crippen LogP) is 2.60. The van der Waals surface area contributed by atoms with E-state index in [1.165, 1.54) is 39.2 Å². The maximum Gasteiger partial charge on any atom is 0.337 e. The molecule has 1 aromatic rings. The van der Waals surface area contributed by atoms with E-state index in [1.807, 2.05) is 18.2 Å². The summed E-state index contributed by atoms with van der Waals surface area (Å²) < 4.78 is 4.77. The van der Waals surface area contributed by atoms with Crippen LogP contribution >= 0.6 is 0 Å². The molecule has 0 radical (unpaired) electrons. The van der Waals surface area contributed by atoms with Gasteiger partial charge in [0.05, 0.1) is 19.3 Å². The van der Waals surface area contributed by atoms with Gasteiger partial charge in [-0.25, -0.2) is 4.79 Å². The van der Waals surface area contributed by atoms with Crippen LogP contribution in [0.5, 0.6) is 0 Å². The Kier molecular flexibility index (Phi) is 6.21. The van der Waals surface area contributed by atoms with Crippen molar-refractivity contribution in [2.24, 2.45) is 0 Å². The molecule has 0 aliphatic heterocycles. The molecular formula is C17H25NO3. The van der Waals surface area contributed by atoms with Gasteiger partial charge in [0, 0.05) is 19.1 Å². The van der Waals surface area contributed by atoms with E-state index in [1.54, 1.807) is 6.07 Å². The first-order valence-corrected chi connectivity index (χ1v) is 7.76. The van der Waals surface area contributed by atoms with Gasteiger partial charge < -0.3 is 9.84 Å². The number of benzene rings is 1. The first-order chi connectivity index (χ1) is 10.2. The molecule has 0 aromatic heterocycles. The fourth-order valence-electron chi connectivity index (χ4n) is 3.11. The second-order valence-corrected chi connectivity index (χ2v) is 5.68. The predicted molar refractivity (Wildman–Crippen MR) is 82.2 cm³/mol. The minimum absolute atomic E-state index is 0.174. The average molecular weight is 291 g/mol. The molecule has 0 unspecified atom stereocenters. The quantitative estimate of drug-likeness (QED) is 0.819. The van der Waals surface area contributed by atoms with Crippen molar-refractivity contribution in [1.82, 2.24) is 4.90 Å². The van der Waals surface area contributed by atoms with Gasteiger partial charge in [-0.3, -0.25) is 4.90 Å². The second-order valence-electron chi connectivity index (χ2n) is 5.68. The van der Waals surface area contributed by atoms with E-state index in [4.69, 9.17) is 4.74 Å². The number of rotatable bonds is 6. The van der Waals surface area contributed by atoms with Crippen LogP contribution in [0.3, 0.4) is 0 Å². The standard InChI is InChI=1S/C17H25NO3/c1-21-17(20)15-7-5-6-14(12-15)13-18(10-11-19)16-8-3-2-4-9-16/h5-7,12,16,19H,2-4,8-11,13H2,1H3. The summed E-state index contributed by atoms with van der Waals surface area (Å²) in [5.74, 6) is -0.303.